The minimum absolute atomic E-state index is 0.108. The Labute approximate surface area is 232 Å². The van der Waals surface area contributed by atoms with Crippen molar-refractivity contribution < 1.29 is 9.59 Å². The largest absolute Gasteiger partial charge is 0.352 e. The quantitative estimate of drug-likeness (QED) is 0.314. The predicted molar refractivity (Wildman–Crippen MR) is 149 cm³/mol. The Bertz CT molecular complexity index is 1030. The van der Waals surface area contributed by atoms with Crippen LogP contribution in [0.25, 0.3) is 0 Å². The molecule has 35 heavy (non-hydrogen) atoms. The van der Waals surface area contributed by atoms with Gasteiger partial charge in [-0.1, -0.05) is 84.7 Å². The lowest BCUT2D eigenvalue weighted by atomic mass is 9.95. The second-order valence-corrected chi connectivity index (χ2v) is 11.4. The number of nitrogens with one attached hydrogen (secondary N) is 1. The smallest absolute Gasteiger partial charge is 0.243 e. The normalized spacial score (nSPS) is 15.0. The monoisotopic (exact) mass is 574 g/mol. The molecule has 0 unspecified atom stereocenters. The van der Waals surface area contributed by atoms with Crippen molar-refractivity contribution in [1.29, 1.82) is 0 Å². The van der Waals surface area contributed by atoms with Crippen LogP contribution in [0.2, 0.25) is 20.1 Å². The van der Waals surface area contributed by atoms with Gasteiger partial charge >= 0.3 is 0 Å². The average Bonchev–Trinajstić information content (AvgIpc) is 2.82. The van der Waals surface area contributed by atoms with Crippen molar-refractivity contribution >= 4 is 70.0 Å². The van der Waals surface area contributed by atoms with E-state index < -0.39 is 6.04 Å². The molecule has 1 fully saturated rings. The first-order chi connectivity index (χ1) is 16.8. The van der Waals surface area contributed by atoms with Gasteiger partial charge in [-0.2, -0.15) is 0 Å². The molecule has 0 spiro atoms. The number of hydrogen-bond acceptors (Lipinski definition) is 3. The Hall–Kier alpha value is -1.11. The van der Waals surface area contributed by atoms with E-state index in [0.29, 0.717) is 32.3 Å². The molecule has 1 saturated carbocycles. The van der Waals surface area contributed by atoms with Crippen LogP contribution in [-0.2, 0) is 21.9 Å². The zero-order valence-electron chi connectivity index (χ0n) is 19.7. The van der Waals surface area contributed by atoms with E-state index in [0.717, 1.165) is 36.8 Å². The van der Waals surface area contributed by atoms with E-state index in [1.54, 1.807) is 35.2 Å². The van der Waals surface area contributed by atoms with E-state index in [1.807, 2.05) is 13.0 Å². The molecule has 0 saturated heterocycles. The van der Waals surface area contributed by atoms with Crippen LogP contribution < -0.4 is 5.32 Å². The molecule has 2 amide bonds. The molecule has 3 rings (SSSR count). The van der Waals surface area contributed by atoms with E-state index in [4.69, 9.17) is 46.4 Å². The molecule has 9 heteroatoms. The molecular formula is C26H30Cl4N2O2S. The Morgan fingerprint density at radius 1 is 0.971 bits per heavy atom. The van der Waals surface area contributed by atoms with Crippen molar-refractivity contribution in [1.82, 2.24) is 10.2 Å². The molecule has 1 atom stereocenters. The zero-order chi connectivity index (χ0) is 25.4. The van der Waals surface area contributed by atoms with Crippen LogP contribution in [0.15, 0.2) is 36.4 Å². The SMILES string of the molecule is CC[C@H](C(=O)NC1CCCCC1)N(Cc1ccc(Cl)cc1Cl)C(=O)CSCc1ccc(Cl)cc1Cl. The van der Waals surface area contributed by atoms with Crippen molar-refractivity contribution in [3.8, 4) is 0 Å². The van der Waals surface area contributed by atoms with Crippen molar-refractivity contribution in [3.05, 3.63) is 67.6 Å². The number of hydrogen-bond donors (Lipinski definition) is 1. The Balaban J connectivity index is 1.74. The predicted octanol–water partition coefficient (Wildman–Crippen LogP) is 7.79. The standard InChI is InChI=1S/C26H30Cl4N2O2S/c1-2-24(26(34)31-21-6-4-3-5-7-21)32(14-17-8-10-19(27)12-22(17)29)25(33)16-35-15-18-9-11-20(28)13-23(18)30/h8-13,21,24H,2-7,14-16H2,1H3,(H,31,34)/t24-/m1/s1. The molecule has 1 N–H and O–H groups in total. The first-order valence-electron chi connectivity index (χ1n) is 11.8. The summed E-state index contributed by atoms with van der Waals surface area (Å²) in [5.41, 5.74) is 1.65. The van der Waals surface area contributed by atoms with E-state index in [-0.39, 0.29) is 30.2 Å². The highest BCUT2D eigenvalue weighted by molar-refractivity contribution is 7.99. The number of rotatable bonds is 10. The van der Waals surface area contributed by atoms with Gasteiger partial charge in [0.2, 0.25) is 11.8 Å². The number of benzene rings is 2. The Morgan fingerprint density at radius 3 is 2.14 bits per heavy atom. The second kappa shape index (κ2) is 14.0. The van der Waals surface area contributed by atoms with Gasteiger partial charge in [-0.15, -0.1) is 11.8 Å². The maximum atomic E-state index is 13.5. The number of carbonyl (C=O) groups is 2. The molecule has 0 heterocycles. The highest BCUT2D eigenvalue weighted by Gasteiger charge is 2.30. The molecule has 0 bridgehead atoms. The first kappa shape index (κ1) is 28.5. The summed E-state index contributed by atoms with van der Waals surface area (Å²) in [4.78, 5) is 28.4. The van der Waals surface area contributed by atoms with Crippen LogP contribution in [0.5, 0.6) is 0 Å². The van der Waals surface area contributed by atoms with Gasteiger partial charge in [0.15, 0.2) is 0 Å². The summed E-state index contributed by atoms with van der Waals surface area (Å²) in [6.45, 7) is 2.16. The molecular weight excluding hydrogens is 546 g/mol. The van der Waals surface area contributed by atoms with Crippen LogP contribution in [0.4, 0.5) is 0 Å². The van der Waals surface area contributed by atoms with Gasteiger partial charge in [0, 0.05) is 38.4 Å². The summed E-state index contributed by atoms with van der Waals surface area (Å²) < 4.78 is 0. The van der Waals surface area contributed by atoms with Gasteiger partial charge in [0.1, 0.15) is 6.04 Å². The van der Waals surface area contributed by atoms with Gasteiger partial charge in [-0.3, -0.25) is 9.59 Å². The molecule has 0 radical (unpaired) electrons. The highest BCUT2D eigenvalue weighted by atomic mass is 35.5. The van der Waals surface area contributed by atoms with Gasteiger partial charge in [-0.25, -0.2) is 0 Å². The molecule has 2 aromatic rings. The number of nitrogens with zero attached hydrogens (tertiary/aromatic N) is 1. The molecule has 1 aliphatic rings. The lowest BCUT2D eigenvalue weighted by Crippen LogP contribution is -2.52. The van der Waals surface area contributed by atoms with Crippen molar-refractivity contribution in [2.24, 2.45) is 0 Å². The zero-order valence-corrected chi connectivity index (χ0v) is 23.5. The summed E-state index contributed by atoms with van der Waals surface area (Å²) in [7, 11) is 0. The molecule has 1 aliphatic carbocycles. The van der Waals surface area contributed by atoms with E-state index in [1.165, 1.54) is 18.2 Å². The molecule has 0 aliphatic heterocycles. The lowest BCUT2D eigenvalue weighted by molar-refractivity contribution is -0.139. The molecule has 0 aromatic heterocycles. The third-order valence-corrected chi connectivity index (χ3v) is 8.33. The van der Waals surface area contributed by atoms with Gasteiger partial charge in [0.25, 0.3) is 0 Å². The van der Waals surface area contributed by atoms with Crippen molar-refractivity contribution in [2.45, 2.75) is 69.8 Å². The van der Waals surface area contributed by atoms with Gasteiger partial charge in [0.05, 0.1) is 5.75 Å². The third kappa shape index (κ3) is 8.46. The molecule has 4 nitrogen and oxygen atoms in total. The van der Waals surface area contributed by atoms with Crippen molar-refractivity contribution in [2.75, 3.05) is 5.75 Å². The van der Waals surface area contributed by atoms with Crippen LogP contribution in [0.1, 0.15) is 56.6 Å². The molecule has 2 aromatic carbocycles. The maximum absolute atomic E-state index is 13.5. The van der Waals surface area contributed by atoms with Crippen LogP contribution in [0.3, 0.4) is 0 Å². The third-order valence-electron chi connectivity index (χ3n) is 6.19. The van der Waals surface area contributed by atoms with Crippen molar-refractivity contribution in [3.63, 3.8) is 0 Å². The number of amides is 2. The summed E-state index contributed by atoms with van der Waals surface area (Å²) >= 11 is 26.2. The fourth-order valence-electron chi connectivity index (χ4n) is 4.27. The lowest BCUT2D eigenvalue weighted by Gasteiger charge is -2.33. The van der Waals surface area contributed by atoms with Crippen LogP contribution >= 0.6 is 58.2 Å². The summed E-state index contributed by atoms with van der Waals surface area (Å²) in [5.74, 6) is 0.528. The van der Waals surface area contributed by atoms with Gasteiger partial charge in [-0.05, 0) is 54.7 Å². The summed E-state index contributed by atoms with van der Waals surface area (Å²) in [6.07, 6.45) is 5.91. The number of halogens is 4. The topological polar surface area (TPSA) is 49.4 Å². The fourth-order valence-corrected chi connectivity index (χ4v) is 6.20. The minimum atomic E-state index is -0.587. The molecule has 190 valence electrons. The maximum Gasteiger partial charge on any atom is 0.243 e. The Kier molecular flexibility index (Phi) is 11.4. The second-order valence-electron chi connectivity index (χ2n) is 8.75. The van der Waals surface area contributed by atoms with E-state index in [2.05, 4.69) is 5.32 Å². The van der Waals surface area contributed by atoms with E-state index >= 15 is 0 Å². The highest BCUT2D eigenvalue weighted by Crippen LogP contribution is 2.27. The van der Waals surface area contributed by atoms with Crippen LogP contribution in [-0.4, -0.2) is 34.6 Å². The Morgan fingerprint density at radius 2 is 1.57 bits per heavy atom. The van der Waals surface area contributed by atoms with E-state index in [9.17, 15) is 9.59 Å². The summed E-state index contributed by atoms with van der Waals surface area (Å²) in [5, 5.41) is 5.32. The first-order valence-corrected chi connectivity index (χ1v) is 14.5. The minimum Gasteiger partial charge on any atom is -0.352 e. The van der Waals surface area contributed by atoms with Crippen LogP contribution in [0, 0.1) is 0 Å². The number of carbonyl (C=O) groups excluding carboxylic acids is 2. The average molecular weight is 576 g/mol. The van der Waals surface area contributed by atoms with Gasteiger partial charge < -0.3 is 10.2 Å². The number of thioether (sulfide) groups is 1. The fraction of sp³-hybridized carbons (Fsp3) is 0.462. The summed E-state index contributed by atoms with van der Waals surface area (Å²) in [6, 6.07) is 10.1.